The average Bonchev–Trinajstić information content (AvgIpc) is 3.29. The van der Waals surface area contributed by atoms with E-state index in [4.69, 9.17) is 5.11 Å². The number of aromatic nitrogens is 2. The van der Waals surface area contributed by atoms with Crippen LogP contribution in [-0.4, -0.2) is 26.8 Å². The van der Waals surface area contributed by atoms with E-state index >= 15 is 0 Å². The molecule has 0 unspecified atom stereocenters. The van der Waals surface area contributed by atoms with E-state index < -0.39 is 17.7 Å². The van der Waals surface area contributed by atoms with Crippen molar-refractivity contribution in [1.29, 1.82) is 0 Å². The highest BCUT2D eigenvalue weighted by atomic mass is 19.4. The van der Waals surface area contributed by atoms with Gasteiger partial charge in [-0.3, -0.25) is 14.3 Å². The number of nitrogens with one attached hydrogen (secondary N) is 1. The van der Waals surface area contributed by atoms with Crippen LogP contribution in [0.1, 0.15) is 39.0 Å². The minimum Gasteiger partial charge on any atom is -0.481 e. The highest BCUT2D eigenvalue weighted by molar-refractivity contribution is 5.94. The van der Waals surface area contributed by atoms with Crippen molar-refractivity contribution in [2.75, 3.05) is 0 Å². The summed E-state index contributed by atoms with van der Waals surface area (Å²) in [5.41, 5.74) is 3.45. The molecule has 1 amide bonds. The number of nitrogens with zero attached hydrogens (tertiary/aromatic N) is 2. The van der Waals surface area contributed by atoms with E-state index in [-0.39, 0.29) is 18.9 Å². The van der Waals surface area contributed by atoms with Crippen molar-refractivity contribution in [3.05, 3.63) is 113 Å². The van der Waals surface area contributed by atoms with Crippen molar-refractivity contribution in [1.82, 2.24) is 15.1 Å². The van der Waals surface area contributed by atoms with Crippen molar-refractivity contribution >= 4 is 11.9 Å². The van der Waals surface area contributed by atoms with Gasteiger partial charge in [0.05, 0.1) is 17.8 Å². The van der Waals surface area contributed by atoms with E-state index in [1.54, 1.807) is 22.9 Å². The average molecular weight is 508 g/mol. The third-order valence-corrected chi connectivity index (χ3v) is 5.76. The number of aryl methyl sites for hydroxylation is 1. The molecule has 0 saturated carbocycles. The van der Waals surface area contributed by atoms with Crippen LogP contribution in [0, 0.1) is 0 Å². The largest absolute Gasteiger partial charge is 0.481 e. The Morgan fingerprint density at radius 3 is 2.32 bits per heavy atom. The molecule has 0 aliphatic heterocycles. The highest BCUT2D eigenvalue weighted by Gasteiger charge is 2.29. The Bertz CT molecular complexity index is 1380. The first kappa shape index (κ1) is 25.7. The second-order valence-electron chi connectivity index (χ2n) is 8.54. The summed E-state index contributed by atoms with van der Waals surface area (Å²) in [6.45, 7) is 0.459. The van der Waals surface area contributed by atoms with E-state index in [0.29, 0.717) is 29.8 Å². The number of rotatable bonds is 9. The Morgan fingerprint density at radius 2 is 1.65 bits per heavy atom. The van der Waals surface area contributed by atoms with E-state index in [2.05, 4.69) is 10.4 Å². The lowest BCUT2D eigenvalue weighted by molar-refractivity contribution is -0.138. The van der Waals surface area contributed by atoms with Crippen molar-refractivity contribution in [2.24, 2.45) is 0 Å². The maximum atomic E-state index is 12.7. The van der Waals surface area contributed by atoms with Crippen LogP contribution < -0.4 is 5.32 Å². The van der Waals surface area contributed by atoms with Crippen molar-refractivity contribution in [3.8, 4) is 11.3 Å². The van der Waals surface area contributed by atoms with Crippen molar-refractivity contribution in [3.63, 3.8) is 0 Å². The van der Waals surface area contributed by atoms with Crippen LogP contribution in [0.2, 0.25) is 0 Å². The number of carbonyl (C=O) groups excluding carboxylic acids is 1. The molecule has 1 aromatic heterocycles. The number of amides is 1. The molecule has 0 atom stereocenters. The molecule has 4 aromatic rings. The lowest BCUT2D eigenvalue weighted by atomic mass is 10.0. The number of carbonyl (C=O) groups is 2. The predicted molar refractivity (Wildman–Crippen MR) is 132 cm³/mol. The Hall–Kier alpha value is -4.40. The molecule has 3 aromatic carbocycles. The van der Waals surface area contributed by atoms with Crippen LogP contribution in [0.3, 0.4) is 0 Å². The van der Waals surface area contributed by atoms with Crippen LogP contribution in [0.4, 0.5) is 13.2 Å². The zero-order chi connectivity index (χ0) is 26.4. The van der Waals surface area contributed by atoms with Crippen molar-refractivity contribution < 1.29 is 27.9 Å². The van der Waals surface area contributed by atoms with Crippen molar-refractivity contribution in [2.45, 2.75) is 32.1 Å². The second kappa shape index (κ2) is 11.1. The fourth-order valence-corrected chi connectivity index (χ4v) is 3.90. The van der Waals surface area contributed by atoms with Crippen LogP contribution in [-0.2, 0) is 30.5 Å². The van der Waals surface area contributed by atoms with Crippen LogP contribution in [0.25, 0.3) is 11.3 Å². The quantitative estimate of drug-likeness (QED) is 0.311. The van der Waals surface area contributed by atoms with Gasteiger partial charge in [0.1, 0.15) is 0 Å². The molecule has 2 N–H and O–H groups in total. The van der Waals surface area contributed by atoms with Gasteiger partial charge in [0.25, 0.3) is 5.91 Å². The van der Waals surface area contributed by atoms with Gasteiger partial charge in [0.2, 0.25) is 0 Å². The maximum Gasteiger partial charge on any atom is 0.416 e. The number of carboxylic acid groups (broad SMARTS) is 1. The van der Waals surface area contributed by atoms with E-state index in [9.17, 15) is 22.8 Å². The zero-order valence-electron chi connectivity index (χ0n) is 19.7. The molecule has 4 rings (SSSR count). The van der Waals surface area contributed by atoms with E-state index in [0.717, 1.165) is 28.8 Å². The van der Waals surface area contributed by atoms with Gasteiger partial charge in [0.15, 0.2) is 0 Å². The summed E-state index contributed by atoms with van der Waals surface area (Å²) in [6.07, 6.45) is -2.26. The molecule has 190 valence electrons. The van der Waals surface area contributed by atoms with Crippen LogP contribution in [0.15, 0.2) is 85.1 Å². The first-order chi connectivity index (χ1) is 17.7. The fraction of sp³-hybridized carbons (Fsp3) is 0.179. The smallest absolute Gasteiger partial charge is 0.416 e. The summed E-state index contributed by atoms with van der Waals surface area (Å²) in [6, 6.07) is 21.1. The summed E-state index contributed by atoms with van der Waals surface area (Å²) < 4.78 is 39.9. The van der Waals surface area contributed by atoms with Gasteiger partial charge < -0.3 is 10.4 Å². The molecule has 1 heterocycles. The molecule has 0 radical (unpaired) electrons. The molecular weight excluding hydrogens is 483 g/mol. The topological polar surface area (TPSA) is 84.2 Å². The van der Waals surface area contributed by atoms with Crippen LogP contribution in [0.5, 0.6) is 0 Å². The molecule has 0 aliphatic rings. The van der Waals surface area contributed by atoms with E-state index in [1.807, 2.05) is 42.6 Å². The molecule has 0 aliphatic carbocycles. The van der Waals surface area contributed by atoms with Gasteiger partial charge >= 0.3 is 12.1 Å². The standard InChI is InChI=1S/C28H24F3N3O3/c29-28(30,31)24-12-9-19(10-13-24)16-32-27(37)22-8-4-5-20(15-22)17-34-18-23(11-14-25(35)36)26(33-34)21-6-2-1-3-7-21/h1-10,12-13,15,18H,11,14,16-17H2,(H,32,37)(H,35,36). The number of carboxylic acids is 1. The number of halogens is 3. The number of hydrogen-bond donors (Lipinski definition) is 2. The fourth-order valence-electron chi connectivity index (χ4n) is 3.90. The monoisotopic (exact) mass is 507 g/mol. The van der Waals surface area contributed by atoms with Gasteiger partial charge in [-0.1, -0.05) is 54.6 Å². The van der Waals surface area contributed by atoms with Gasteiger partial charge in [-0.05, 0) is 47.4 Å². The maximum absolute atomic E-state index is 12.7. The lowest BCUT2D eigenvalue weighted by Gasteiger charge is -2.09. The molecule has 9 heteroatoms. The SMILES string of the molecule is O=C(O)CCc1cn(Cc2cccc(C(=O)NCc3ccc(C(F)(F)F)cc3)c2)nc1-c1ccccc1. The third kappa shape index (κ3) is 6.84. The molecule has 0 fully saturated rings. The second-order valence-corrected chi connectivity index (χ2v) is 8.54. The summed E-state index contributed by atoms with van der Waals surface area (Å²) >= 11 is 0. The molecular formula is C28H24F3N3O3. The van der Waals surface area contributed by atoms with E-state index in [1.165, 1.54) is 12.1 Å². The van der Waals surface area contributed by atoms with Gasteiger partial charge in [-0.15, -0.1) is 0 Å². The van der Waals surface area contributed by atoms with Gasteiger partial charge in [-0.2, -0.15) is 18.3 Å². The minimum absolute atomic E-state index is 0.0138. The first-order valence-corrected chi connectivity index (χ1v) is 11.6. The molecule has 6 nitrogen and oxygen atoms in total. The lowest BCUT2D eigenvalue weighted by Crippen LogP contribution is -2.23. The molecule has 37 heavy (non-hydrogen) atoms. The Balaban J connectivity index is 1.45. The number of hydrogen-bond acceptors (Lipinski definition) is 3. The highest BCUT2D eigenvalue weighted by Crippen LogP contribution is 2.29. The zero-order valence-corrected chi connectivity index (χ0v) is 19.7. The Labute approximate surface area is 211 Å². The number of aliphatic carboxylic acids is 1. The summed E-state index contributed by atoms with van der Waals surface area (Å²) in [7, 11) is 0. The predicted octanol–water partition coefficient (Wildman–Crippen LogP) is 5.56. The first-order valence-electron chi connectivity index (χ1n) is 11.6. The summed E-state index contributed by atoms with van der Waals surface area (Å²) in [5, 5.41) is 16.5. The molecule has 0 bridgehead atoms. The number of alkyl halides is 3. The van der Waals surface area contributed by atoms with Crippen LogP contribution >= 0.6 is 0 Å². The van der Waals surface area contributed by atoms with Gasteiger partial charge in [0, 0.05) is 30.3 Å². The molecule has 0 spiro atoms. The summed E-state index contributed by atoms with van der Waals surface area (Å²) in [5.74, 6) is -1.24. The molecule has 0 saturated heterocycles. The summed E-state index contributed by atoms with van der Waals surface area (Å²) in [4.78, 5) is 23.8. The Kier molecular flexibility index (Phi) is 7.71. The Morgan fingerprint density at radius 1 is 0.919 bits per heavy atom. The van der Waals surface area contributed by atoms with Gasteiger partial charge in [-0.25, -0.2) is 0 Å². The normalized spacial score (nSPS) is 11.3. The minimum atomic E-state index is -4.41. The third-order valence-electron chi connectivity index (χ3n) is 5.76. The number of benzene rings is 3.